The molecule has 8 unspecified atom stereocenters. The number of nitrogens with one attached hydrogen (secondary N) is 1. The Labute approximate surface area is 217 Å². The van der Waals surface area contributed by atoms with Crippen LogP contribution in [0.5, 0.6) is 0 Å². The Kier molecular flexibility index (Phi) is 14.0. The molecule has 0 bridgehead atoms. The van der Waals surface area contributed by atoms with Gasteiger partial charge in [0.25, 0.3) is 0 Å². The van der Waals surface area contributed by atoms with E-state index >= 15 is 0 Å². The molecule has 0 aromatic heterocycles. The summed E-state index contributed by atoms with van der Waals surface area (Å²) in [6.07, 6.45) is -0.351. The summed E-state index contributed by atoms with van der Waals surface area (Å²) in [4.78, 5) is 12.5. The Balaban J connectivity index is 1.98. The Morgan fingerprint density at radius 1 is 1.11 bits per heavy atom. The molecule has 8 atom stereocenters. The zero-order valence-corrected chi connectivity index (χ0v) is 21.5. The molecule has 1 fully saturated rings. The van der Waals surface area contributed by atoms with E-state index in [0.717, 1.165) is 30.2 Å². The maximum Gasteiger partial charge on any atom is 0.220 e. The van der Waals surface area contributed by atoms with Crippen molar-refractivity contribution in [1.29, 1.82) is 0 Å². The molecule has 1 saturated heterocycles. The van der Waals surface area contributed by atoms with Gasteiger partial charge < -0.3 is 40.7 Å². The van der Waals surface area contributed by atoms with Gasteiger partial charge >= 0.3 is 0 Å². The van der Waals surface area contributed by atoms with Gasteiger partial charge in [-0.15, -0.1) is 11.8 Å². The van der Waals surface area contributed by atoms with Crippen LogP contribution in [0.1, 0.15) is 51.0 Å². The van der Waals surface area contributed by atoms with Gasteiger partial charge in [-0.2, -0.15) is 0 Å². The number of thioether (sulfide) groups is 1. The number of aliphatic hydroxyl groups is 6. The van der Waals surface area contributed by atoms with Crippen LogP contribution in [0.3, 0.4) is 0 Å². The minimum atomic E-state index is -1.51. The number of amides is 1. The SMILES string of the molecule is CCCCCC(=O)NC(CSC1OC(CO)C(O)C(O)C1O)C(O)C(O)CCC=Cc1ccccc1. The Morgan fingerprint density at radius 3 is 2.50 bits per heavy atom. The molecule has 7 N–H and O–H groups in total. The number of benzene rings is 1. The summed E-state index contributed by atoms with van der Waals surface area (Å²) in [6.45, 7) is 1.49. The predicted octanol–water partition coefficient (Wildman–Crippen LogP) is 0.800. The Hall–Kier alpha value is -1.50. The number of ether oxygens (including phenoxy) is 1. The van der Waals surface area contributed by atoms with E-state index in [1.165, 1.54) is 0 Å². The number of allylic oxidation sites excluding steroid dienone is 1. The number of aliphatic hydroxyl groups excluding tert-OH is 6. The van der Waals surface area contributed by atoms with Crippen LogP contribution in [0.15, 0.2) is 36.4 Å². The number of carbonyl (C=O) groups excluding carboxylic acids is 1. The molecule has 1 heterocycles. The first-order valence-electron chi connectivity index (χ1n) is 12.6. The van der Waals surface area contributed by atoms with Crippen LogP contribution in [0.25, 0.3) is 6.08 Å². The maximum atomic E-state index is 12.5. The molecule has 1 aliphatic heterocycles. The monoisotopic (exact) mass is 527 g/mol. The molecule has 0 saturated carbocycles. The summed E-state index contributed by atoms with van der Waals surface area (Å²) in [5.41, 5.74) is 0.0267. The van der Waals surface area contributed by atoms with Crippen molar-refractivity contribution in [1.82, 2.24) is 5.32 Å². The minimum absolute atomic E-state index is 0.0697. The highest BCUT2D eigenvalue weighted by Crippen LogP contribution is 2.29. The summed E-state index contributed by atoms with van der Waals surface area (Å²) < 4.78 is 5.51. The lowest BCUT2D eigenvalue weighted by Gasteiger charge is -2.40. The van der Waals surface area contributed by atoms with Crippen molar-refractivity contribution < 1.29 is 40.2 Å². The second-order valence-electron chi connectivity index (χ2n) is 9.11. The lowest BCUT2D eigenvalue weighted by molar-refractivity contribution is -0.205. The van der Waals surface area contributed by atoms with Gasteiger partial charge in [0.15, 0.2) is 0 Å². The van der Waals surface area contributed by atoms with Gasteiger partial charge in [0.05, 0.1) is 18.8 Å². The average Bonchev–Trinajstić information content (AvgIpc) is 2.88. The highest BCUT2D eigenvalue weighted by Gasteiger charge is 2.44. The zero-order valence-electron chi connectivity index (χ0n) is 20.7. The van der Waals surface area contributed by atoms with Crippen molar-refractivity contribution in [3.05, 3.63) is 42.0 Å². The summed E-state index contributed by atoms with van der Waals surface area (Å²) in [5, 5.41) is 64.0. The van der Waals surface area contributed by atoms with Gasteiger partial charge in [0.2, 0.25) is 5.91 Å². The van der Waals surface area contributed by atoms with E-state index in [9.17, 15) is 35.4 Å². The van der Waals surface area contributed by atoms with Crippen LogP contribution < -0.4 is 5.32 Å². The lowest BCUT2D eigenvalue weighted by atomic mass is 10.0. The molecular formula is C26H41NO8S. The van der Waals surface area contributed by atoms with Crippen LogP contribution >= 0.6 is 11.8 Å². The third-order valence-corrected chi connectivity index (χ3v) is 7.46. The van der Waals surface area contributed by atoms with Gasteiger partial charge in [0, 0.05) is 12.2 Å². The highest BCUT2D eigenvalue weighted by atomic mass is 32.2. The van der Waals surface area contributed by atoms with Crippen molar-refractivity contribution in [2.75, 3.05) is 12.4 Å². The summed E-state index contributed by atoms with van der Waals surface area (Å²) in [5.74, 6) is -0.182. The number of carbonyl (C=O) groups is 1. The van der Waals surface area contributed by atoms with Crippen LogP contribution in [0, 0.1) is 0 Å². The molecule has 1 aromatic rings. The van der Waals surface area contributed by atoms with Crippen LogP contribution in [-0.4, -0.2) is 97.0 Å². The summed E-state index contributed by atoms with van der Waals surface area (Å²) in [6, 6.07) is 8.86. The van der Waals surface area contributed by atoms with Crippen LogP contribution in [-0.2, 0) is 9.53 Å². The molecular weight excluding hydrogens is 486 g/mol. The average molecular weight is 528 g/mol. The maximum absolute atomic E-state index is 12.5. The highest BCUT2D eigenvalue weighted by molar-refractivity contribution is 7.99. The third kappa shape index (κ3) is 9.75. The molecule has 36 heavy (non-hydrogen) atoms. The van der Waals surface area contributed by atoms with E-state index in [1.54, 1.807) is 0 Å². The van der Waals surface area contributed by atoms with E-state index in [-0.39, 0.29) is 24.5 Å². The van der Waals surface area contributed by atoms with Gasteiger partial charge in [-0.1, -0.05) is 62.2 Å². The van der Waals surface area contributed by atoms with Crippen molar-refractivity contribution in [3.8, 4) is 0 Å². The van der Waals surface area contributed by atoms with Crippen molar-refractivity contribution in [2.45, 2.75) is 93.6 Å². The van der Waals surface area contributed by atoms with Gasteiger partial charge in [-0.3, -0.25) is 4.79 Å². The quantitative estimate of drug-likeness (QED) is 0.164. The first-order chi connectivity index (χ1) is 17.3. The molecule has 0 aliphatic carbocycles. The first-order valence-corrected chi connectivity index (χ1v) is 13.6. The second-order valence-corrected chi connectivity index (χ2v) is 10.2. The number of hydrogen-bond acceptors (Lipinski definition) is 9. The lowest BCUT2D eigenvalue weighted by Crippen LogP contribution is -2.58. The number of unbranched alkanes of at least 4 members (excludes halogenated alkanes) is 2. The fraction of sp³-hybridized carbons (Fsp3) is 0.654. The van der Waals surface area contributed by atoms with Crippen molar-refractivity contribution in [2.24, 2.45) is 0 Å². The number of hydrogen-bond donors (Lipinski definition) is 7. The third-order valence-electron chi connectivity index (χ3n) is 6.19. The van der Waals surface area contributed by atoms with Crippen molar-refractivity contribution in [3.63, 3.8) is 0 Å². The molecule has 1 aromatic carbocycles. The molecule has 1 amide bonds. The number of rotatable bonds is 15. The molecule has 10 heteroatoms. The van der Waals surface area contributed by atoms with Crippen molar-refractivity contribution >= 4 is 23.7 Å². The van der Waals surface area contributed by atoms with E-state index < -0.39 is 54.7 Å². The summed E-state index contributed by atoms with van der Waals surface area (Å²) in [7, 11) is 0. The summed E-state index contributed by atoms with van der Waals surface area (Å²) >= 11 is 1.03. The van der Waals surface area contributed by atoms with Gasteiger partial charge in [-0.25, -0.2) is 0 Å². The van der Waals surface area contributed by atoms with E-state index in [0.29, 0.717) is 12.8 Å². The first kappa shape index (κ1) is 30.7. The fourth-order valence-corrected chi connectivity index (χ4v) is 5.19. The smallest absolute Gasteiger partial charge is 0.220 e. The Bertz CT molecular complexity index is 780. The minimum Gasteiger partial charge on any atom is -0.394 e. The molecule has 9 nitrogen and oxygen atoms in total. The molecule has 1 aliphatic rings. The molecule has 2 rings (SSSR count). The topological polar surface area (TPSA) is 160 Å². The fourth-order valence-electron chi connectivity index (χ4n) is 3.93. The van der Waals surface area contributed by atoms with Crippen LogP contribution in [0.4, 0.5) is 0 Å². The van der Waals surface area contributed by atoms with Gasteiger partial charge in [-0.05, 0) is 24.8 Å². The molecule has 204 valence electrons. The molecule has 0 radical (unpaired) electrons. The predicted molar refractivity (Wildman–Crippen MR) is 139 cm³/mol. The molecule has 0 spiro atoms. The van der Waals surface area contributed by atoms with Gasteiger partial charge in [0.1, 0.15) is 36.0 Å². The van der Waals surface area contributed by atoms with E-state index in [1.807, 2.05) is 49.4 Å². The van der Waals surface area contributed by atoms with E-state index in [4.69, 9.17) is 4.74 Å². The largest absolute Gasteiger partial charge is 0.394 e. The van der Waals surface area contributed by atoms with E-state index in [2.05, 4.69) is 5.32 Å². The standard InChI is InChI=1S/C26H41NO8S/c1-2-3-5-14-21(30)27-18(16-36-26-25(34)24(33)23(32)20(15-28)35-26)22(31)19(29)13-9-8-12-17-10-6-4-7-11-17/h4,6-8,10-12,18-20,22-26,28-29,31-34H,2-3,5,9,13-16H2,1H3,(H,27,30). The van der Waals surface area contributed by atoms with Crippen LogP contribution in [0.2, 0.25) is 0 Å². The second kappa shape index (κ2) is 16.4. The zero-order chi connectivity index (χ0) is 26.5. The normalized spacial score (nSPS) is 27.0. The Morgan fingerprint density at radius 2 is 1.83 bits per heavy atom.